The number of hydrogen-bond donors (Lipinski definition) is 1. The van der Waals surface area contributed by atoms with E-state index in [1.54, 1.807) is 0 Å². The number of nitrogens with zero attached hydrogens (tertiary/aromatic N) is 3. The van der Waals surface area contributed by atoms with Crippen molar-refractivity contribution in [3.8, 4) is 0 Å². The zero-order valence-electron chi connectivity index (χ0n) is 11.5. The molecule has 19 heavy (non-hydrogen) atoms. The summed E-state index contributed by atoms with van der Waals surface area (Å²) in [6, 6.07) is 2.16. The summed E-state index contributed by atoms with van der Waals surface area (Å²) in [5, 5.41) is 9.25. The van der Waals surface area contributed by atoms with E-state index >= 15 is 0 Å². The van der Waals surface area contributed by atoms with Crippen molar-refractivity contribution in [2.75, 3.05) is 24.7 Å². The molecule has 2 atom stereocenters. The highest BCUT2D eigenvalue weighted by Gasteiger charge is 2.27. The van der Waals surface area contributed by atoms with E-state index in [1.807, 2.05) is 6.07 Å². The van der Waals surface area contributed by atoms with Crippen molar-refractivity contribution in [3.05, 3.63) is 16.5 Å². The predicted molar refractivity (Wildman–Crippen MR) is 77.5 cm³/mol. The molecular formula is C13H20BrN3O2. The largest absolute Gasteiger partial charge is 0.394 e. The second-order valence-corrected chi connectivity index (χ2v) is 6.01. The number of ether oxygens (including phenoxy) is 1. The van der Waals surface area contributed by atoms with Crippen molar-refractivity contribution >= 4 is 21.7 Å². The molecule has 0 amide bonds. The Hall–Kier alpha value is -0.720. The van der Waals surface area contributed by atoms with E-state index in [-0.39, 0.29) is 24.7 Å². The number of morpholine rings is 1. The lowest BCUT2D eigenvalue weighted by atomic mass is 10.2. The summed E-state index contributed by atoms with van der Waals surface area (Å²) in [4.78, 5) is 11.2. The second-order valence-electron chi connectivity index (χ2n) is 5.20. The lowest BCUT2D eigenvalue weighted by molar-refractivity contribution is -0.0106. The van der Waals surface area contributed by atoms with Gasteiger partial charge in [0.05, 0.1) is 25.4 Å². The number of anilines is 1. The van der Waals surface area contributed by atoms with E-state index < -0.39 is 0 Å². The first-order chi connectivity index (χ1) is 9.01. The van der Waals surface area contributed by atoms with Crippen LogP contribution < -0.4 is 4.90 Å². The molecule has 0 aromatic carbocycles. The van der Waals surface area contributed by atoms with Crippen LogP contribution in [-0.4, -0.2) is 47.0 Å². The lowest BCUT2D eigenvalue weighted by Crippen LogP contribution is -2.50. The van der Waals surface area contributed by atoms with Gasteiger partial charge in [0.1, 0.15) is 16.2 Å². The predicted octanol–water partition coefficient (Wildman–Crippen LogP) is 1.95. The van der Waals surface area contributed by atoms with Crippen LogP contribution in [0.3, 0.4) is 0 Å². The first kappa shape index (κ1) is 14.7. The SMILES string of the molecule is CC(C)c1nc(Br)cc(N2CC(CO)OCC2C)n1. The van der Waals surface area contributed by atoms with Gasteiger partial charge in [-0.05, 0) is 22.9 Å². The van der Waals surface area contributed by atoms with Crippen molar-refractivity contribution in [3.63, 3.8) is 0 Å². The molecule has 1 aliphatic rings. The second kappa shape index (κ2) is 6.15. The van der Waals surface area contributed by atoms with Gasteiger partial charge >= 0.3 is 0 Å². The minimum Gasteiger partial charge on any atom is -0.394 e. The summed E-state index contributed by atoms with van der Waals surface area (Å²) in [6.07, 6.45) is -0.146. The Kier molecular flexibility index (Phi) is 4.76. The molecule has 1 aromatic rings. The highest BCUT2D eigenvalue weighted by molar-refractivity contribution is 9.10. The first-order valence-electron chi connectivity index (χ1n) is 6.54. The zero-order chi connectivity index (χ0) is 14.0. The molecule has 1 saturated heterocycles. The van der Waals surface area contributed by atoms with E-state index in [4.69, 9.17) is 4.74 Å². The molecular weight excluding hydrogens is 310 g/mol. The van der Waals surface area contributed by atoms with Gasteiger partial charge in [-0.3, -0.25) is 0 Å². The molecule has 6 heteroatoms. The third kappa shape index (κ3) is 3.43. The van der Waals surface area contributed by atoms with Gasteiger partial charge in [0.2, 0.25) is 0 Å². The number of aliphatic hydroxyl groups excluding tert-OH is 1. The van der Waals surface area contributed by atoms with Gasteiger partial charge < -0.3 is 14.7 Å². The van der Waals surface area contributed by atoms with Crippen LogP contribution in [0.25, 0.3) is 0 Å². The standard InChI is InChI=1S/C13H20BrN3O2/c1-8(2)13-15-11(14)4-12(16-13)17-5-10(6-18)19-7-9(17)3/h4,8-10,18H,5-7H2,1-3H3. The maximum atomic E-state index is 9.25. The topological polar surface area (TPSA) is 58.5 Å². The molecule has 0 radical (unpaired) electrons. The van der Waals surface area contributed by atoms with E-state index in [0.717, 1.165) is 16.2 Å². The van der Waals surface area contributed by atoms with Gasteiger partial charge in [-0.1, -0.05) is 13.8 Å². The molecule has 106 valence electrons. The van der Waals surface area contributed by atoms with E-state index in [2.05, 4.69) is 51.6 Å². The minimum atomic E-state index is -0.146. The summed E-state index contributed by atoms with van der Waals surface area (Å²) in [5.74, 6) is 1.99. The molecule has 0 bridgehead atoms. The molecule has 2 heterocycles. The summed E-state index contributed by atoms with van der Waals surface area (Å²) < 4.78 is 6.34. The number of rotatable bonds is 3. The van der Waals surface area contributed by atoms with Crippen molar-refractivity contribution in [2.45, 2.75) is 38.8 Å². The van der Waals surface area contributed by atoms with Gasteiger partial charge in [-0.25, -0.2) is 9.97 Å². The number of halogens is 1. The van der Waals surface area contributed by atoms with Gasteiger partial charge in [0, 0.05) is 18.5 Å². The third-order valence-electron chi connectivity index (χ3n) is 3.22. The zero-order valence-corrected chi connectivity index (χ0v) is 13.1. The highest BCUT2D eigenvalue weighted by Crippen LogP contribution is 2.24. The Labute approximate surface area is 122 Å². The van der Waals surface area contributed by atoms with Crippen LogP contribution >= 0.6 is 15.9 Å². The summed E-state index contributed by atoms with van der Waals surface area (Å²) in [7, 11) is 0. The fraction of sp³-hybridized carbons (Fsp3) is 0.692. The average molecular weight is 330 g/mol. The van der Waals surface area contributed by atoms with Gasteiger partial charge in [0.15, 0.2) is 0 Å². The summed E-state index contributed by atoms with van der Waals surface area (Å²) in [5.41, 5.74) is 0. The van der Waals surface area contributed by atoms with Crippen molar-refractivity contribution in [1.82, 2.24) is 9.97 Å². The van der Waals surface area contributed by atoms with Crippen molar-refractivity contribution < 1.29 is 9.84 Å². The van der Waals surface area contributed by atoms with Crippen LogP contribution in [0.4, 0.5) is 5.82 Å². The van der Waals surface area contributed by atoms with Crippen LogP contribution in [0, 0.1) is 0 Å². The number of hydrogen-bond acceptors (Lipinski definition) is 5. The van der Waals surface area contributed by atoms with Crippen molar-refractivity contribution in [1.29, 1.82) is 0 Å². The normalized spacial score (nSPS) is 24.0. The lowest BCUT2D eigenvalue weighted by Gasteiger charge is -2.38. The molecule has 5 nitrogen and oxygen atoms in total. The Morgan fingerprint density at radius 2 is 2.26 bits per heavy atom. The van der Waals surface area contributed by atoms with Crippen LogP contribution in [-0.2, 0) is 4.74 Å². The smallest absolute Gasteiger partial charge is 0.134 e. The molecule has 0 spiro atoms. The van der Waals surface area contributed by atoms with Gasteiger partial charge in [-0.15, -0.1) is 0 Å². The van der Waals surface area contributed by atoms with Gasteiger partial charge in [0.25, 0.3) is 0 Å². The van der Waals surface area contributed by atoms with E-state index in [9.17, 15) is 5.11 Å². The number of aliphatic hydroxyl groups is 1. The van der Waals surface area contributed by atoms with Crippen molar-refractivity contribution in [2.24, 2.45) is 0 Å². The fourth-order valence-corrected chi connectivity index (χ4v) is 2.46. The molecule has 1 fully saturated rings. The van der Waals surface area contributed by atoms with Crippen LogP contribution in [0.5, 0.6) is 0 Å². The quantitative estimate of drug-likeness (QED) is 0.859. The molecule has 0 aliphatic carbocycles. The summed E-state index contributed by atoms with van der Waals surface area (Å²) in [6.45, 7) is 7.53. The Bertz CT molecular complexity index is 442. The molecule has 2 unspecified atom stereocenters. The van der Waals surface area contributed by atoms with Gasteiger partial charge in [-0.2, -0.15) is 0 Å². The Morgan fingerprint density at radius 1 is 1.53 bits per heavy atom. The maximum Gasteiger partial charge on any atom is 0.134 e. The Balaban J connectivity index is 2.28. The monoisotopic (exact) mass is 329 g/mol. The van der Waals surface area contributed by atoms with E-state index in [0.29, 0.717) is 13.2 Å². The first-order valence-corrected chi connectivity index (χ1v) is 7.34. The van der Waals surface area contributed by atoms with E-state index in [1.165, 1.54) is 0 Å². The molecule has 1 aromatic heterocycles. The summed E-state index contributed by atoms with van der Waals surface area (Å²) >= 11 is 3.44. The fourth-order valence-electron chi connectivity index (χ4n) is 2.08. The number of aromatic nitrogens is 2. The molecule has 2 rings (SSSR count). The van der Waals surface area contributed by atoms with Crippen LogP contribution in [0.15, 0.2) is 10.7 Å². The molecule has 0 saturated carbocycles. The highest BCUT2D eigenvalue weighted by atomic mass is 79.9. The average Bonchev–Trinajstić information content (AvgIpc) is 2.38. The van der Waals surface area contributed by atoms with Crippen LogP contribution in [0.2, 0.25) is 0 Å². The maximum absolute atomic E-state index is 9.25. The van der Waals surface area contributed by atoms with Crippen LogP contribution in [0.1, 0.15) is 32.5 Å². The molecule has 1 N–H and O–H groups in total. The molecule has 1 aliphatic heterocycles. The third-order valence-corrected chi connectivity index (χ3v) is 3.62. The minimum absolute atomic E-state index is 0.0342. The Morgan fingerprint density at radius 3 is 2.89 bits per heavy atom.